The van der Waals surface area contributed by atoms with E-state index >= 15 is 0 Å². The molecule has 116 valence electrons. The number of phenolic OH excluding ortho intramolecular Hbond substituents is 1. The second kappa shape index (κ2) is 7.61. The Hall–Kier alpha value is -2.33. The summed E-state index contributed by atoms with van der Waals surface area (Å²) in [6.07, 6.45) is 0.424. The summed E-state index contributed by atoms with van der Waals surface area (Å²) >= 11 is 0. The Balaban J connectivity index is 1.84. The van der Waals surface area contributed by atoms with Crippen LogP contribution in [0.3, 0.4) is 0 Å². The first-order valence-corrected chi connectivity index (χ1v) is 7.34. The van der Waals surface area contributed by atoms with Crippen molar-refractivity contribution in [1.29, 1.82) is 0 Å². The summed E-state index contributed by atoms with van der Waals surface area (Å²) in [6, 6.07) is 16.0. The van der Waals surface area contributed by atoms with Crippen LogP contribution in [0.1, 0.15) is 23.7 Å². The Bertz CT molecular complexity index is 613. The van der Waals surface area contributed by atoms with Crippen molar-refractivity contribution in [2.24, 2.45) is 0 Å². The minimum Gasteiger partial charge on any atom is -0.508 e. The van der Waals surface area contributed by atoms with Crippen molar-refractivity contribution in [2.75, 3.05) is 13.6 Å². The van der Waals surface area contributed by atoms with E-state index in [0.29, 0.717) is 12.1 Å². The van der Waals surface area contributed by atoms with E-state index in [0.717, 1.165) is 18.4 Å². The van der Waals surface area contributed by atoms with E-state index in [2.05, 4.69) is 0 Å². The molecule has 0 bridgehead atoms. The largest absolute Gasteiger partial charge is 0.508 e. The number of benzene rings is 2. The van der Waals surface area contributed by atoms with Crippen molar-refractivity contribution in [3.05, 3.63) is 65.7 Å². The molecule has 2 aromatic rings. The zero-order valence-corrected chi connectivity index (χ0v) is 12.6. The summed E-state index contributed by atoms with van der Waals surface area (Å²) in [4.78, 5) is 13.7. The zero-order valence-electron chi connectivity index (χ0n) is 12.6. The molecule has 1 atom stereocenters. The second-order valence-corrected chi connectivity index (χ2v) is 5.35. The lowest BCUT2D eigenvalue weighted by molar-refractivity contribution is -0.139. The van der Waals surface area contributed by atoms with Gasteiger partial charge in [-0.25, -0.2) is 0 Å². The highest BCUT2D eigenvalue weighted by Crippen LogP contribution is 2.16. The normalized spacial score (nSPS) is 11.9. The van der Waals surface area contributed by atoms with Crippen LogP contribution in [0.5, 0.6) is 5.75 Å². The molecule has 0 saturated carbocycles. The lowest BCUT2D eigenvalue weighted by Gasteiger charge is -2.20. The molecule has 0 aliphatic heterocycles. The van der Waals surface area contributed by atoms with E-state index in [1.807, 2.05) is 12.1 Å². The van der Waals surface area contributed by atoms with Gasteiger partial charge in [0.25, 0.3) is 5.91 Å². The van der Waals surface area contributed by atoms with Crippen LogP contribution in [0.15, 0.2) is 54.6 Å². The molecule has 4 heteroatoms. The van der Waals surface area contributed by atoms with Crippen molar-refractivity contribution in [2.45, 2.75) is 18.9 Å². The number of aromatic hydroxyl groups is 1. The minimum absolute atomic E-state index is 0.251. The first kappa shape index (κ1) is 16.0. The molecule has 0 aliphatic carbocycles. The van der Waals surface area contributed by atoms with Gasteiger partial charge in [-0.3, -0.25) is 4.79 Å². The Labute approximate surface area is 130 Å². The number of aliphatic hydroxyl groups is 1. The van der Waals surface area contributed by atoms with Gasteiger partial charge in [-0.05, 0) is 36.1 Å². The highest BCUT2D eigenvalue weighted by Gasteiger charge is 2.20. The van der Waals surface area contributed by atoms with Gasteiger partial charge in [-0.1, -0.05) is 42.5 Å². The predicted octanol–water partition coefficient (Wildman–Crippen LogP) is 2.52. The summed E-state index contributed by atoms with van der Waals surface area (Å²) in [7, 11) is 1.69. The van der Waals surface area contributed by atoms with Gasteiger partial charge in [0.2, 0.25) is 0 Å². The molecule has 0 radical (unpaired) electrons. The fraction of sp³-hybridized carbons (Fsp3) is 0.278. The number of carbonyl (C=O) groups excluding carboxylic acids is 1. The van der Waals surface area contributed by atoms with E-state index in [1.54, 1.807) is 54.4 Å². The number of phenols is 1. The van der Waals surface area contributed by atoms with E-state index in [1.165, 1.54) is 0 Å². The van der Waals surface area contributed by atoms with Crippen LogP contribution in [-0.4, -0.2) is 34.6 Å². The van der Waals surface area contributed by atoms with Crippen molar-refractivity contribution in [3.63, 3.8) is 0 Å². The van der Waals surface area contributed by atoms with Crippen LogP contribution < -0.4 is 0 Å². The minimum atomic E-state index is -1.12. The lowest BCUT2D eigenvalue weighted by Crippen LogP contribution is -2.32. The molecular formula is C18H21NO3. The number of hydrogen-bond acceptors (Lipinski definition) is 3. The number of likely N-dealkylation sites (N-methyl/N-ethyl adjacent to an activating group) is 1. The molecule has 0 heterocycles. The molecule has 22 heavy (non-hydrogen) atoms. The third-order valence-electron chi connectivity index (χ3n) is 3.59. The van der Waals surface area contributed by atoms with Gasteiger partial charge in [-0.15, -0.1) is 0 Å². The van der Waals surface area contributed by atoms with E-state index in [4.69, 9.17) is 0 Å². The average Bonchev–Trinajstić information content (AvgIpc) is 2.54. The quantitative estimate of drug-likeness (QED) is 0.861. The molecule has 2 aromatic carbocycles. The molecule has 2 N–H and O–H groups in total. The molecule has 0 aliphatic rings. The monoisotopic (exact) mass is 299 g/mol. The number of hydrogen-bond donors (Lipinski definition) is 2. The van der Waals surface area contributed by atoms with Crippen molar-refractivity contribution in [3.8, 4) is 5.75 Å². The van der Waals surface area contributed by atoms with Crippen molar-refractivity contribution in [1.82, 2.24) is 4.90 Å². The maximum absolute atomic E-state index is 12.2. The number of aliphatic hydroxyl groups excluding tert-OH is 1. The van der Waals surface area contributed by atoms with Gasteiger partial charge >= 0.3 is 0 Å². The van der Waals surface area contributed by atoms with Gasteiger partial charge < -0.3 is 15.1 Å². The van der Waals surface area contributed by atoms with Gasteiger partial charge in [0, 0.05) is 13.6 Å². The van der Waals surface area contributed by atoms with Crippen LogP contribution in [0.25, 0.3) is 0 Å². The summed E-state index contributed by atoms with van der Waals surface area (Å²) in [5.41, 5.74) is 1.64. The van der Waals surface area contributed by atoms with Gasteiger partial charge in [-0.2, -0.15) is 0 Å². The molecule has 0 spiro atoms. The first-order valence-electron chi connectivity index (χ1n) is 7.34. The highest BCUT2D eigenvalue weighted by atomic mass is 16.3. The van der Waals surface area contributed by atoms with Crippen LogP contribution in [-0.2, 0) is 11.2 Å². The van der Waals surface area contributed by atoms with Crippen LogP contribution in [0.4, 0.5) is 0 Å². The predicted molar refractivity (Wildman–Crippen MR) is 85.5 cm³/mol. The highest BCUT2D eigenvalue weighted by molar-refractivity contribution is 5.81. The Morgan fingerprint density at radius 1 is 1.14 bits per heavy atom. The van der Waals surface area contributed by atoms with Gasteiger partial charge in [0.15, 0.2) is 6.10 Å². The number of nitrogens with zero attached hydrogens (tertiary/aromatic N) is 1. The molecule has 2 rings (SSSR count). The summed E-state index contributed by atoms with van der Waals surface area (Å²) in [6.45, 7) is 0.554. The van der Waals surface area contributed by atoms with Crippen LogP contribution in [0.2, 0.25) is 0 Å². The molecule has 0 fully saturated rings. The fourth-order valence-electron chi connectivity index (χ4n) is 2.33. The lowest BCUT2D eigenvalue weighted by atomic mass is 10.1. The molecule has 4 nitrogen and oxygen atoms in total. The fourth-order valence-corrected chi connectivity index (χ4v) is 2.33. The molecule has 0 unspecified atom stereocenters. The van der Waals surface area contributed by atoms with E-state index in [9.17, 15) is 15.0 Å². The van der Waals surface area contributed by atoms with E-state index in [-0.39, 0.29) is 11.7 Å². The van der Waals surface area contributed by atoms with Gasteiger partial charge in [0.1, 0.15) is 5.75 Å². The van der Waals surface area contributed by atoms with Gasteiger partial charge in [0.05, 0.1) is 0 Å². The topological polar surface area (TPSA) is 60.8 Å². The smallest absolute Gasteiger partial charge is 0.255 e. The first-order chi connectivity index (χ1) is 10.6. The second-order valence-electron chi connectivity index (χ2n) is 5.35. The summed E-state index contributed by atoms with van der Waals surface area (Å²) in [5.74, 6) is -0.0523. The average molecular weight is 299 g/mol. The third-order valence-corrected chi connectivity index (χ3v) is 3.59. The Kier molecular flexibility index (Phi) is 5.55. The maximum atomic E-state index is 12.2. The Morgan fingerprint density at radius 3 is 2.55 bits per heavy atom. The number of aryl methyl sites for hydroxylation is 1. The molecular weight excluding hydrogens is 278 g/mol. The number of amides is 1. The zero-order chi connectivity index (χ0) is 15.9. The Morgan fingerprint density at radius 2 is 1.86 bits per heavy atom. The number of rotatable bonds is 6. The SMILES string of the molecule is CN(CCCc1cccc(O)c1)C(=O)[C@H](O)c1ccccc1. The summed E-state index contributed by atoms with van der Waals surface area (Å²) < 4.78 is 0. The van der Waals surface area contributed by atoms with Crippen molar-refractivity contribution < 1.29 is 15.0 Å². The van der Waals surface area contributed by atoms with E-state index < -0.39 is 6.10 Å². The van der Waals surface area contributed by atoms with Crippen LogP contribution >= 0.6 is 0 Å². The molecule has 0 aromatic heterocycles. The third kappa shape index (κ3) is 4.33. The molecule has 1 amide bonds. The number of carbonyl (C=O) groups is 1. The maximum Gasteiger partial charge on any atom is 0.255 e. The van der Waals surface area contributed by atoms with Crippen molar-refractivity contribution >= 4 is 5.91 Å². The summed E-state index contributed by atoms with van der Waals surface area (Å²) in [5, 5.41) is 19.5. The standard InChI is InChI=1S/C18H21NO3/c1-19(12-6-8-14-7-5-11-16(20)13-14)18(22)17(21)15-9-3-2-4-10-15/h2-5,7,9-11,13,17,20-21H,6,8,12H2,1H3/t17-/m1/s1. The van der Waals surface area contributed by atoms with Crippen LogP contribution in [0, 0.1) is 0 Å². The molecule has 0 saturated heterocycles.